The summed E-state index contributed by atoms with van der Waals surface area (Å²) < 4.78 is 81.1. The number of H-pyrrole nitrogens is 1. The van der Waals surface area contributed by atoms with Gasteiger partial charge in [0.1, 0.15) is 24.7 Å². The van der Waals surface area contributed by atoms with Crippen LogP contribution in [0.15, 0.2) is 35.3 Å². The number of amides is 1. The molecule has 1 saturated heterocycles. The Morgan fingerprint density at radius 1 is 0.908 bits per heavy atom. The van der Waals surface area contributed by atoms with Crippen LogP contribution in [0.3, 0.4) is 0 Å². The number of phosphoric ester groups is 1. The number of nitrogens with zero attached hydrogens (tertiary/aromatic N) is 6. The highest BCUT2D eigenvalue weighted by atomic mass is 31.3. The van der Waals surface area contributed by atoms with E-state index in [0.717, 1.165) is 5.56 Å². The third-order valence-electron chi connectivity index (χ3n) is 8.41. The first-order chi connectivity index (χ1) is 30.9. The van der Waals surface area contributed by atoms with Crippen LogP contribution in [0.4, 0.5) is 5.95 Å². The maximum Gasteiger partial charge on any atom is 0.490 e. The summed E-state index contributed by atoms with van der Waals surface area (Å²) >= 11 is 0. The zero-order valence-corrected chi connectivity index (χ0v) is 37.0. The summed E-state index contributed by atoms with van der Waals surface area (Å²) in [4.78, 5) is 68.1. The predicted octanol–water partition coefficient (Wildman–Crippen LogP) is -0.143. The van der Waals surface area contributed by atoms with Crippen molar-refractivity contribution in [1.29, 1.82) is 0 Å². The molecule has 9 N–H and O–H groups in total. The Kier molecular flexibility index (Phi) is 19.2. The van der Waals surface area contributed by atoms with Gasteiger partial charge in [-0.05, 0) is 31.2 Å². The number of aryl methyl sites for hydroxylation is 1. The van der Waals surface area contributed by atoms with Gasteiger partial charge in [0, 0.05) is 24.6 Å². The van der Waals surface area contributed by atoms with Gasteiger partial charge in [0.05, 0.1) is 83.1 Å². The molecule has 1 amide bonds. The van der Waals surface area contributed by atoms with E-state index in [2.05, 4.69) is 60.7 Å². The normalized spacial score (nSPS) is 18.2. The van der Waals surface area contributed by atoms with E-state index in [9.17, 15) is 38.2 Å². The van der Waals surface area contributed by atoms with Crippen molar-refractivity contribution < 1.29 is 84.7 Å². The second-order valence-corrected chi connectivity index (χ2v) is 17.8. The smallest absolute Gasteiger partial charge is 0.490 e. The second kappa shape index (κ2) is 24.2. The Hall–Kier alpha value is -4.62. The highest BCUT2D eigenvalue weighted by Gasteiger charge is 2.43. The predicted molar refractivity (Wildman–Crippen MR) is 220 cm³/mol. The van der Waals surface area contributed by atoms with Gasteiger partial charge in [-0.1, -0.05) is 11.8 Å². The number of ether oxygens (including phenoxy) is 6. The highest BCUT2D eigenvalue weighted by Crippen LogP contribution is 2.66. The summed E-state index contributed by atoms with van der Waals surface area (Å²) in [6.45, 7) is 3.54. The molecule has 0 spiro atoms. The van der Waals surface area contributed by atoms with Gasteiger partial charge in [0.15, 0.2) is 11.5 Å². The first-order valence-corrected chi connectivity index (χ1v) is 23.8. The van der Waals surface area contributed by atoms with Crippen LogP contribution in [-0.2, 0) is 55.3 Å². The van der Waals surface area contributed by atoms with Crippen molar-refractivity contribution in [3.05, 3.63) is 52.2 Å². The maximum atomic E-state index is 12.9. The van der Waals surface area contributed by atoms with Gasteiger partial charge >= 0.3 is 23.5 Å². The third-order valence-corrected chi connectivity index (χ3v) is 12.2. The second-order valence-electron chi connectivity index (χ2n) is 13.3. The van der Waals surface area contributed by atoms with Crippen molar-refractivity contribution in [2.24, 2.45) is 0 Å². The Balaban J connectivity index is 0.926. The van der Waals surface area contributed by atoms with Crippen molar-refractivity contribution in [2.75, 3.05) is 78.3 Å². The number of aromatic amines is 1. The SMILES string of the molecule is Cc1nnc(-c2ccc(OCCOCCOCCOCCOCCC(=O)NCC#Cc3cn([C@H]4C[C@H](O)[C@@H](COP(=O)(O)OP(=O)(O)OP(=O)(O)O)O4)c4nc(N)[nH]c(=O)c34)cc2)nn1. The third kappa shape index (κ3) is 17.3. The van der Waals surface area contributed by atoms with Gasteiger partial charge in [-0.2, -0.15) is 13.6 Å². The van der Waals surface area contributed by atoms with Crippen LogP contribution in [-0.4, -0.2) is 150 Å². The Morgan fingerprint density at radius 2 is 1.52 bits per heavy atom. The van der Waals surface area contributed by atoms with Gasteiger partial charge in [0.2, 0.25) is 17.7 Å². The molecule has 28 nitrogen and oxygen atoms in total. The first kappa shape index (κ1) is 51.4. The number of fused-ring (bicyclic) bond motifs is 1. The average molecular weight is 978 g/mol. The summed E-state index contributed by atoms with van der Waals surface area (Å²) in [6, 6.07) is 7.24. The Morgan fingerprint density at radius 3 is 2.15 bits per heavy atom. The lowest BCUT2D eigenvalue weighted by Crippen LogP contribution is -2.26. The lowest BCUT2D eigenvalue weighted by Gasteiger charge is -2.19. The molecular weight excluding hydrogens is 931 g/mol. The standard InChI is InChI=1S/C34H46N9O19P3/c1-22-39-41-31(42-40-22)23-4-6-25(7-5-23)58-18-17-57-16-15-56-14-13-55-12-11-54-10-8-28(45)36-9-2-3-24-20-43(32-30(24)33(46)38-34(35)37-32)29-19-26(44)27(60-29)21-59-64(50,51)62-65(52,53)61-63(47,48)49/h4-7,20,26-27,29,44H,8-19,21H2,1H3,(H,36,45)(H,50,51)(H,52,53)(H2,47,48,49)(H3,35,37,38,46)/t26-,27+,29+/m0/s1. The number of aromatic nitrogens is 7. The minimum Gasteiger partial charge on any atom is -0.491 e. The fourth-order valence-corrected chi connectivity index (χ4v) is 8.63. The van der Waals surface area contributed by atoms with Gasteiger partial charge in [0.25, 0.3) is 5.56 Å². The number of nitrogens with one attached hydrogen (secondary N) is 2. The van der Waals surface area contributed by atoms with Gasteiger partial charge in [-0.25, -0.2) is 13.7 Å². The number of carbonyl (C=O) groups excluding carboxylic acids is 1. The number of nitrogen functional groups attached to an aromatic ring is 1. The number of benzene rings is 1. The van der Waals surface area contributed by atoms with Crippen molar-refractivity contribution in [1.82, 2.24) is 40.2 Å². The monoisotopic (exact) mass is 977 g/mol. The summed E-state index contributed by atoms with van der Waals surface area (Å²) in [6.07, 6.45) is -2.60. The van der Waals surface area contributed by atoms with Gasteiger partial charge < -0.3 is 68.7 Å². The zero-order valence-electron chi connectivity index (χ0n) is 34.4. The van der Waals surface area contributed by atoms with Crippen molar-refractivity contribution in [3.8, 4) is 29.0 Å². The molecule has 3 aromatic heterocycles. The number of aliphatic hydroxyl groups is 1. The van der Waals surface area contributed by atoms with Crippen LogP contribution >= 0.6 is 23.5 Å². The number of phosphoric acid groups is 3. The molecule has 5 rings (SSSR count). The number of rotatable bonds is 26. The van der Waals surface area contributed by atoms with Crippen LogP contribution in [0.25, 0.3) is 22.4 Å². The average Bonchev–Trinajstić information content (AvgIpc) is 3.78. The van der Waals surface area contributed by atoms with E-state index in [0.29, 0.717) is 57.0 Å². The van der Waals surface area contributed by atoms with Gasteiger partial charge in [-0.15, -0.1) is 20.4 Å². The van der Waals surface area contributed by atoms with E-state index >= 15 is 0 Å². The van der Waals surface area contributed by atoms with Crippen LogP contribution in [0.5, 0.6) is 5.75 Å². The molecule has 1 aromatic carbocycles. The fourth-order valence-electron chi connectivity index (χ4n) is 5.60. The van der Waals surface area contributed by atoms with Crippen LogP contribution < -0.4 is 21.3 Å². The number of aliphatic hydroxyl groups excluding tert-OH is 1. The zero-order chi connectivity index (χ0) is 47.0. The molecule has 1 aliphatic heterocycles. The lowest BCUT2D eigenvalue weighted by atomic mass is 10.2. The molecule has 1 aliphatic rings. The molecule has 5 atom stereocenters. The van der Waals surface area contributed by atoms with Crippen LogP contribution in [0.2, 0.25) is 0 Å². The van der Waals surface area contributed by atoms with E-state index in [4.69, 9.17) is 43.9 Å². The molecule has 31 heteroatoms. The Labute approximate surface area is 368 Å². The molecule has 2 unspecified atom stereocenters. The molecule has 0 bridgehead atoms. The number of anilines is 1. The van der Waals surface area contributed by atoms with Crippen LogP contribution in [0.1, 0.15) is 30.5 Å². The van der Waals surface area contributed by atoms with Gasteiger partial charge in [-0.3, -0.25) is 19.1 Å². The minimum atomic E-state index is -5.77. The summed E-state index contributed by atoms with van der Waals surface area (Å²) in [5.74, 6) is 6.49. The molecule has 65 heavy (non-hydrogen) atoms. The van der Waals surface area contributed by atoms with E-state index in [1.165, 1.54) is 10.8 Å². The van der Waals surface area contributed by atoms with E-state index in [-0.39, 0.29) is 67.7 Å². The molecular formula is C34H46N9O19P3. The lowest BCUT2D eigenvalue weighted by molar-refractivity contribution is -0.122. The van der Waals surface area contributed by atoms with E-state index in [1.807, 2.05) is 12.1 Å². The van der Waals surface area contributed by atoms with Crippen molar-refractivity contribution in [3.63, 3.8) is 0 Å². The fraction of sp³-hybridized carbons (Fsp3) is 0.500. The first-order valence-electron chi connectivity index (χ1n) is 19.2. The van der Waals surface area contributed by atoms with Crippen molar-refractivity contribution in [2.45, 2.75) is 38.2 Å². The summed E-state index contributed by atoms with van der Waals surface area (Å²) in [5, 5.41) is 29.0. The molecule has 4 aromatic rings. The topological polar surface area (TPSA) is 393 Å². The molecule has 0 radical (unpaired) electrons. The highest BCUT2D eigenvalue weighted by molar-refractivity contribution is 7.66. The summed E-state index contributed by atoms with van der Waals surface area (Å²) in [7, 11) is -16.9. The number of carbonyl (C=O) groups is 1. The number of hydrogen-bond acceptors (Lipinski definition) is 21. The van der Waals surface area contributed by atoms with E-state index in [1.54, 1.807) is 19.1 Å². The quantitative estimate of drug-likeness (QED) is 0.0230. The van der Waals surface area contributed by atoms with Crippen LogP contribution in [0, 0.1) is 18.8 Å². The number of hydrogen-bond donors (Lipinski definition) is 8. The van der Waals surface area contributed by atoms with Crippen molar-refractivity contribution >= 4 is 46.4 Å². The Bertz CT molecular complexity index is 2460. The molecule has 4 heterocycles. The number of nitrogens with two attached hydrogens (primary N) is 1. The maximum absolute atomic E-state index is 12.9. The van der Waals surface area contributed by atoms with E-state index < -0.39 is 54.1 Å². The minimum absolute atomic E-state index is 0.00581. The molecule has 356 valence electrons. The molecule has 0 aliphatic carbocycles. The molecule has 0 saturated carbocycles. The summed E-state index contributed by atoms with van der Waals surface area (Å²) in [5.41, 5.74) is 6.00. The molecule has 1 fully saturated rings. The largest absolute Gasteiger partial charge is 0.491 e.